The van der Waals surface area contributed by atoms with E-state index in [1.165, 1.54) is 13.2 Å². The van der Waals surface area contributed by atoms with Crippen LogP contribution in [0.25, 0.3) is 11.0 Å². The molecule has 0 fully saturated rings. The van der Waals surface area contributed by atoms with Gasteiger partial charge in [0, 0.05) is 11.1 Å². The Morgan fingerprint density at radius 2 is 1.71 bits per heavy atom. The van der Waals surface area contributed by atoms with Gasteiger partial charge in [0.15, 0.2) is 11.3 Å². The first-order chi connectivity index (χ1) is 16.3. The second kappa shape index (κ2) is 9.40. The van der Waals surface area contributed by atoms with Crippen molar-refractivity contribution in [2.24, 2.45) is 5.10 Å². The van der Waals surface area contributed by atoms with E-state index in [0.717, 1.165) is 11.1 Å². The maximum atomic E-state index is 13.1. The summed E-state index contributed by atoms with van der Waals surface area (Å²) in [5.41, 5.74) is 2.52. The summed E-state index contributed by atoms with van der Waals surface area (Å²) in [6, 6.07) is 20.4. The molecule has 0 radical (unpaired) electrons. The minimum absolute atomic E-state index is 0.0485. The molecule has 4 rings (SSSR count). The average Bonchev–Trinajstić information content (AvgIpc) is 2.84. The summed E-state index contributed by atoms with van der Waals surface area (Å²) in [5, 5.41) is 7.33. The summed E-state index contributed by atoms with van der Waals surface area (Å²) in [6.07, 6.45) is 0. The van der Waals surface area contributed by atoms with Gasteiger partial charge in [-0.15, -0.1) is 5.10 Å². The predicted molar refractivity (Wildman–Crippen MR) is 129 cm³/mol. The molecule has 0 aliphatic rings. The highest BCUT2D eigenvalue weighted by Crippen LogP contribution is 2.25. The average molecular weight is 478 g/mol. The topological polar surface area (TPSA) is 110 Å². The molecule has 1 amide bonds. The molecule has 4 aromatic rings. The summed E-state index contributed by atoms with van der Waals surface area (Å²) in [5.74, 6) is -0.0928. The van der Waals surface area contributed by atoms with Crippen LogP contribution in [0.4, 0.5) is 5.69 Å². The van der Waals surface area contributed by atoms with Gasteiger partial charge in [0.05, 0.1) is 12.0 Å². The van der Waals surface area contributed by atoms with Gasteiger partial charge in [-0.2, -0.15) is 13.2 Å². The largest absolute Gasteiger partial charge is 0.493 e. The Bertz CT molecular complexity index is 1540. The predicted octanol–water partition coefficient (Wildman–Crippen LogP) is 4.10. The first-order valence-corrected chi connectivity index (χ1v) is 11.9. The summed E-state index contributed by atoms with van der Waals surface area (Å²) >= 11 is 0. The first-order valence-electron chi connectivity index (χ1n) is 10.4. The molecule has 3 aromatic carbocycles. The van der Waals surface area contributed by atoms with E-state index < -0.39 is 15.9 Å². The lowest BCUT2D eigenvalue weighted by atomic mass is 10.1. The molecule has 0 spiro atoms. The number of sulfonamides is 1. The van der Waals surface area contributed by atoms with Crippen molar-refractivity contribution in [3.05, 3.63) is 95.0 Å². The van der Waals surface area contributed by atoms with E-state index >= 15 is 0 Å². The van der Waals surface area contributed by atoms with Crippen molar-refractivity contribution in [1.29, 1.82) is 0 Å². The number of ether oxygens (including phenoxy) is 1. The van der Waals surface area contributed by atoms with Crippen LogP contribution in [0, 0.1) is 13.8 Å². The van der Waals surface area contributed by atoms with Crippen LogP contribution in [0.15, 0.2) is 87.2 Å². The van der Waals surface area contributed by atoms with Gasteiger partial charge in [-0.05, 0) is 61.4 Å². The van der Waals surface area contributed by atoms with Crippen molar-refractivity contribution in [3.63, 3.8) is 0 Å². The lowest BCUT2D eigenvalue weighted by molar-refractivity contribution is 0.102. The molecular formula is C25H23N3O5S. The van der Waals surface area contributed by atoms with Crippen molar-refractivity contribution in [3.8, 4) is 5.75 Å². The highest BCUT2D eigenvalue weighted by molar-refractivity contribution is 7.89. The van der Waals surface area contributed by atoms with E-state index in [1.54, 1.807) is 60.7 Å². The summed E-state index contributed by atoms with van der Waals surface area (Å²) in [6.45, 7) is 3.71. The number of amides is 1. The van der Waals surface area contributed by atoms with Crippen molar-refractivity contribution < 1.29 is 22.4 Å². The number of nitrogens with zero attached hydrogens (tertiary/aromatic N) is 1. The zero-order chi connectivity index (χ0) is 24.3. The Balaban J connectivity index is 1.81. The molecular weight excluding hydrogens is 454 g/mol. The fraction of sp³-hybridized carbons (Fsp3) is 0.120. The molecule has 0 aliphatic heterocycles. The number of hydrogen-bond donors (Lipinski definition) is 2. The first kappa shape index (κ1) is 23.1. The Morgan fingerprint density at radius 1 is 0.941 bits per heavy atom. The molecule has 0 atom stereocenters. The smallest absolute Gasteiger partial charge is 0.276 e. The highest BCUT2D eigenvalue weighted by Gasteiger charge is 2.18. The highest BCUT2D eigenvalue weighted by atomic mass is 32.2. The van der Waals surface area contributed by atoms with E-state index in [4.69, 9.17) is 9.15 Å². The minimum atomic E-state index is -4.01. The number of fused-ring (bicyclic) bond motifs is 1. The molecule has 0 unspecified atom stereocenters. The van der Waals surface area contributed by atoms with Crippen LogP contribution in [0.1, 0.15) is 21.5 Å². The van der Waals surface area contributed by atoms with Crippen LogP contribution in [0.3, 0.4) is 0 Å². The standard InChI is InChI=1S/C25H23N3O5S/c1-16-12-13-20(14-17(16)2)34(30,31)28-27-25-21(24(29)26-19-9-5-4-6-10-19)15-18-8-7-11-22(32-3)23(18)33-25/h4-15,28H,1-3H3,(H,26,29)/b27-25-. The van der Waals surface area contributed by atoms with E-state index in [-0.39, 0.29) is 16.0 Å². The number of carbonyl (C=O) groups excluding carboxylic acids is 1. The second-order valence-corrected chi connectivity index (χ2v) is 9.28. The molecule has 174 valence electrons. The maximum Gasteiger partial charge on any atom is 0.276 e. The summed E-state index contributed by atoms with van der Waals surface area (Å²) in [4.78, 5) is 15.3. The van der Waals surface area contributed by atoms with Crippen molar-refractivity contribution in [1.82, 2.24) is 4.83 Å². The molecule has 0 saturated carbocycles. The quantitative estimate of drug-likeness (QED) is 0.406. The number of nitrogens with one attached hydrogen (secondary N) is 2. The lowest BCUT2D eigenvalue weighted by Gasteiger charge is -2.09. The number of para-hydroxylation sites is 2. The van der Waals surface area contributed by atoms with Gasteiger partial charge in [0.1, 0.15) is 5.56 Å². The van der Waals surface area contributed by atoms with Gasteiger partial charge >= 0.3 is 0 Å². The number of hydrogen-bond acceptors (Lipinski definition) is 6. The van der Waals surface area contributed by atoms with Crippen LogP contribution < -0.4 is 20.4 Å². The monoisotopic (exact) mass is 477 g/mol. The molecule has 0 aliphatic carbocycles. The van der Waals surface area contributed by atoms with E-state index in [0.29, 0.717) is 22.4 Å². The van der Waals surface area contributed by atoms with Gasteiger partial charge < -0.3 is 14.5 Å². The number of benzene rings is 3. The Morgan fingerprint density at radius 3 is 2.41 bits per heavy atom. The molecule has 0 bridgehead atoms. The van der Waals surface area contributed by atoms with E-state index in [9.17, 15) is 13.2 Å². The van der Waals surface area contributed by atoms with Gasteiger partial charge in [0.25, 0.3) is 15.9 Å². The zero-order valence-electron chi connectivity index (χ0n) is 18.8. The minimum Gasteiger partial charge on any atom is -0.493 e. The molecule has 34 heavy (non-hydrogen) atoms. The van der Waals surface area contributed by atoms with Crippen molar-refractivity contribution in [2.45, 2.75) is 18.7 Å². The molecule has 9 heteroatoms. The van der Waals surface area contributed by atoms with Gasteiger partial charge in [-0.25, -0.2) is 0 Å². The van der Waals surface area contributed by atoms with Crippen LogP contribution >= 0.6 is 0 Å². The summed E-state index contributed by atoms with van der Waals surface area (Å²) in [7, 11) is -2.52. The van der Waals surface area contributed by atoms with Crippen molar-refractivity contribution in [2.75, 3.05) is 12.4 Å². The Hall–Kier alpha value is -4.11. The third-order valence-electron chi connectivity index (χ3n) is 5.29. The van der Waals surface area contributed by atoms with Gasteiger partial charge in [0.2, 0.25) is 5.55 Å². The SMILES string of the molecule is COc1cccc2cc(C(=O)Nc3ccccc3)/c(=N/NS(=O)(=O)c3ccc(C)c(C)c3)oc12. The van der Waals surface area contributed by atoms with Gasteiger partial charge in [-0.1, -0.05) is 36.4 Å². The van der Waals surface area contributed by atoms with Crippen LogP contribution in [-0.2, 0) is 10.0 Å². The maximum absolute atomic E-state index is 13.1. The molecule has 2 N–H and O–H groups in total. The lowest BCUT2D eigenvalue weighted by Crippen LogP contribution is -2.27. The van der Waals surface area contributed by atoms with Gasteiger partial charge in [-0.3, -0.25) is 4.79 Å². The Kier molecular flexibility index (Phi) is 6.38. The zero-order valence-corrected chi connectivity index (χ0v) is 19.6. The fourth-order valence-electron chi connectivity index (χ4n) is 3.29. The Labute approximate surface area is 196 Å². The van der Waals surface area contributed by atoms with Crippen LogP contribution in [0.2, 0.25) is 0 Å². The fourth-order valence-corrected chi connectivity index (χ4v) is 4.17. The summed E-state index contributed by atoms with van der Waals surface area (Å²) < 4.78 is 36.9. The molecule has 0 saturated heterocycles. The number of carbonyl (C=O) groups is 1. The van der Waals surface area contributed by atoms with E-state index in [1.807, 2.05) is 19.9 Å². The number of anilines is 1. The molecule has 1 heterocycles. The van der Waals surface area contributed by atoms with E-state index in [2.05, 4.69) is 15.2 Å². The van der Waals surface area contributed by atoms with Crippen molar-refractivity contribution >= 4 is 32.6 Å². The third-order valence-corrected chi connectivity index (χ3v) is 6.50. The van der Waals surface area contributed by atoms with Crippen LogP contribution in [-0.4, -0.2) is 21.4 Å². The second-order valence-electron chi connectivity index (χ2n) is 7.62. The number of methoxy groups -OCH3 is 1. The third kappa shape index (κ3) is 4.79. The number of aryl methyl sites for hydroxylation is 2. The normalized spacial score (nSPS) is 11.9. The molecule has 8 nitrogen and oxygen atoms in total. The molecule has 1 aromatic heterocycles. The van der Waals surface area contributed by atoms with Crippen LogP contribution in [0.5, 0.6) is 5.75 Å². The number of rotatable bonds is 6.